The minimum Gasteiger partial charge on any atom is -0.213 e. The van der Waals surface area contributed by atoms with Gasteiger partial charge < -0.3 is 0 Å². The van der Waals surface area contributed by atoms with Gasteiger partial charge in [-0.3, -0.25) is 0 Å². The van der Waals surface area contributed by atoms with Gasteiger partial charge in [0.1, 0.15) is 0 Å². The smallest absolute Gasteiger partial charge is 0.211 e. The number of nitrogens with zero attached hydrogens (tertiary/aromatic N) is 1. The highest BCUT2D eigenvalue weighted by atomic mass is 32.2. The van der Waals surface area contributed by atoms with Crippen molar-refractivity contribution in [3.8, 4) is 0 Å². The monoisotopic (exact) mass is 277 g/mol. The van der Waals surface area contributed by atoms with Gasteiger partial charge in [-0.2, -0.15) is 11.8 Å². The Kier molecular flexibility index (Phi) is 3.94. The molecular formula is C10H15NO2S3. The maximum absolute atomic E-state index is 11.5. The van der Waals surface area contributed by atoms with Crippen molar-refractivity contribution >= 4 is 33.1 Å². The van der Waals surface area contributed by atoms with Crippen molar-refractivity contribution in [3.63, 3.8) is 0 Å². The van der Waals surface area contributed by atoms with E-state index in [1.54, 1.807) is 15.6 Å². The van der Waals surface area contributed by atoms with Crippen LogP contribution in [0.25, 0.3) is 0 Å². The first kappa shape index (κ1) is 12.4. The van der Waals surface area contributed by atoms with Crippen molar-refractivity contribution in [2.24, 2.45) is 0 Å². The van der Waals surface area contributed by atoms with Crippen LogP contribution in [-0.4, -0.2) is 37.8 Å². The van der Waals surface area contributed by atoms with Crippen LogP contribution >= 0.6 is 23.1 Å². The van der Waals surface area contributed by atoms with Crippen LogP contribution in [0.15, 0.2) is 17.5 Å². The number of rotatable bonds is 2. The van der Waals surface area contributed by atoms with Gasteiger partial charge in [0.25, 0.3) is 0 Å². The summed E-state index contributed by atoms with van der Waals surface area (Å²) in [6.07, 6.45) is 2.21. The molecule has 0 unspecified atom stereocenters. The van der Waals surface area contributed by atoms with Gasteiger partial charge in [-0.05, 0) is 17.9 Å². The number of hydrogen-bond acceptors (Lipinski definition) is 4. The van der Waals surface area contributed by atoms with Crippen molar-refractivity contribution in [2.45, 2.75) is 11.7 Å². The molecule has 0 aliphatic carbocycles. The quantitative estimate of drug-likeness (QED) is 0.831. The maximum atomic E-state index is 11.5. The molecule has 6 heteroatoms. The van der Waals surface area contributed by atoms with E-state index in [0.29, 0.717) is 18.3 Å². The fourth-order valence-electron chi connectivity index (χ4n) is 1.78. The summed E-state index contributed by atoms with van der Waals surface area (Å²) in [5.74, 6) is 0.885. The van der Waals surface area contributed by atoms with Gasteiger partial charge in [0.15, 0.2) is 0 Å². The molecule has 90 valence electrons. The SMILES string of the molecule is CS(=O)(=O)N1CCS[C@H](c2cccs2)CC1. The molecule has 2 rings (SSSR count). The number of thiophene rings is 1. The third kappa shape index (κ3) is 3.00. The molecule has 0 aromatic carbocycles. The summed E-state index contributed by atoms with van der Waals surface area (Å²) in [7, 11) is -3.02. The van der Waals surface area contributed by atoms with Crippen molar-refractivity contribution in [2.75, 3.05) is 25.1 Å². The normalized spacial score (nSPS) is 24.2. The molecule has 0 saturated carbocycles. The Hall–Kier alpha value is -0.0400. The summed E-state index contributed by atoms with van der Waals surface area (Å²) in [6.45, 7) is 1.29. The van der Waals surface area contributed by atoms with Gasteiger partial charge in [-0.25, -0.2) is 12.7 Å². The van der Waals surface area contributed by atoms with E-state index in [-0.39, 0.29) is 0 Å². The van der Waals surface area contributed by atoms with E-state index >= 15 is 0 Å². The van der Waals surface area contributed by atoms with E-state index in [2.05, 4.69) is 17.5 Å². The summed E-state index contributed by atoms with van der Waals surface area (Å²) < 4.78 is 24.5. The van der Waals surface area contributed by atoms with Gasteiger partial charge in [-0.15, -0.1) is 11.3 Å². The average molecular weight is 277 g/mol. The second-order valence-electron chi connectivity index (χ2n) is 3.83. The average Bonchev–Trinajstić information content (AvgIpc) is 2.60. The third-order valence-corrected chi connectivity index (χ3v) is 6.38. The molecule has 0 amide bonds. The van der Waals surface area contributed by atoms with Gasteiger partial charge in [0.05, 0.1) is 6.26 Å². The topological polar surface area (TPSA) is 37.4 Å². The Balaban J connectivity index is 2.04. The zero-order valence-electron chi connectivity index (χ0n) is 9.13. The van der Waals surface area contributed by atoms with E-state index in [1.807, 2.05) is 11.8 Å². The molecule has 1 saturated heterocycles. The first-order chi connectivity index (χ1) is 7.57. The molecule has 1 atom stereocenters. The number of sulfonamides is 1. The van der Waals surface area contributed by atoms with E-state index in [0.717, 1.165) is 12.2 Å². The summed E-state index contributed by atoms with van der Waals surface area (Å²) in [5, 5.41) is 2.54. The Morgan fingerprint density at radius 3 is 2.88 bits per heavy atom. The zero-order chi connectivity index (χ0) is 11.6. The second kappa shape index (κ2) is 5.08. The minimum absolute atomic E-state index is 0.465. The molecule has 1 fully saturated rings. The molecule has 0 spiro atoms. The Labute approximate surface area is 105 Å². The van der Waals surface area contributed by atoms with Crippen LogP contribution in [0.3, 0.4) is 0 Å². The molecule has 1 aromatic rings. The lowest BCUT2D eigenvalue weighted by atomic mass is 10.2. The van der Waals surface area contributed by atoms with E-state index in [4.69, 9.17) is 0 Å². The maximum Gasteiger partial charge on any atom is 0.211 e. The molecule has 0 N–H and O–H groups in total. The van der Waals surface area contributed by atoms with Crippen LogP contribution < -0.4 is 0 Å². The third-order valence-electron chi connectivity index (χ3n) is 2.63. The van der Waals surface area contributed by atoms with Crippen LogP contribution in [0.5, 0.6) is 0 Å². The highest BCUT2D eigenvalue weighted by Gasteiger charge is 2.24. The summed E-state index contributed by atoms with van der Waals surface area (Å²) in [6, 6.07) is 4.19. The molecule has 0 radical (unpaired) electrons. The van der Waals surface area contributed by atoms with Gasteiger partial charge in [-0.1, -0.05) is 6.07 Å². The zero-order valence-corrected chi connectivity index (χ0v) is 11.6. The molecule has 16 heavy (non-hydrogen) atoms. The van der Waals surface area contributed by atoms with Crippen LogP contribution in [0, 0.1) is 0 Å². The molecule has 1 aliphatic rings. The van der Waals surface area contributed by atoms with Crippen molar-refractivity contribution in [3.05, 3.63) is 22.4 Å². The predicted molar refractivity (Wildman–Crippen MR) is 70.6 cm³/mol. The molecule has 0 bridgehead atoms. The largest absolute Gasteiger partial charge is 0.213 e. The summed E-state index contributed by atoms with van der Waals surface area (Å²) in [5.41, 5.74) is 0. The van der Waals surface area contributed by atoms with E-state index < -0.39 is 10.0 Å². The fraction of sp³-hybridized carbons (Fsp3) is 0.600. The highest BCUT2D eigenvalue weighted by molar-refractivity contribution is 7.99. The van der Waals surface area contributed by atoms with E-state index in [1.165, 1.54) is 11.1 Å². The molecule has 1 aliphatic heterocycles. The minimum atomic E-state index is -3.02. The molecule has 1 aromatic heterocycles. The van der Waals surface area contributed by atoms with E-state index in [9.17, 15) is 8.42 Å². The number of hydrogen-bond donors (Lipinski definition) is 0. The Bertz CT molecular complexity index is 427. The standard InChI is InChI=1S/C10H15NO2S3/c1-16(12,13)11-5-4-10(15-8-6-11)9-3-2-7-14-9/h2-3,7,10H,4-6,8H2,1H3/t10-/m0/s1. The summed E-state index contributed by atoms with van der Waals surface area (Å²) in [4.78, 5) is 1.36. The van der Waals surface area contributed by atoms with Gasteiger partial charge >= 0.3 is 0 Å². The Morgan fingerprint density at radius 2 is 2.25 bits per heavy atom. The van der Waals surface area contributed by atoms with Crippen LogP contribution in [-0.2, 0) is 10.0 Å². The number of thioether (sulfide) groups is 1. The van der Waals surface area contributed by atoms with Crippen LogP contribution in [0.1, 0.15) is 16.5 Å². The lowest BCUT2D eigenvalue weighted by molar-refractivity contribution is 0.433. The van der Waals surface area contributed by atoms with Crippen molar-refractivity contribution < 1.29 is 8.42 Å². The molecular weight excluding hydrogens is 262 g/mol. The first-order valence-corrected chi connectivity index (χ1v) is 8.95. The van der Waals surface area contributed by atoms with Crippen molar-refractivity contribution in [1.82, 2.24) is 4.31 Å². The molecule has 2 heterocycles. The van der Waals surface area contributed by atoms with Crippen LogP contribution in [0.2, 0.25) is 0 Å². The first-order valence-electron chi connectivity index (χ1n) is 5.17. The van der Waals surface area contributed by atoms with Crippen LogP contribution in [0.4, 0.5) is 0 Å². The lowest BCUT2D eigenvalue weighted by Gasteiger charge is -2.16. The second-order valence-corrected chi connectivity index (χ2v) is 8.10. The van der Waals surface area contributed by atoms with Gasteiger partial charge in [0, 0.05) is 29.0 Å². The fourth-order valence-corrected chi connectivity index (χ4v) is 5.00. The molecule has 3 nitrogen and oxygen atoms in total. The Morgan fingerprint density at radius 1 is 1.44 bits per heavy atom. The van der Waals surface area contributed by atoms with Gasteiger partial charge in [0.2, 0.25) is 10.0 Å². The predicted octanol–water partition coefficient (Wildman–Crippen LogP) is 2.19. The highest BCUT2D eigenvalue weighted by Crippen LogP contribution is 2.36. The lowest BCUT2D eigenvalue weighted by Crippen LogP contribution is -2.31. The van der Waals surface area contributed by atoms with Crippen molar-refractivity contribution in [1.29, 1.82) is 0 Å². The summed E-state index contributed by atoms with van der Waals surface area (Å²) >= 11 is 3.62.